The van der Waals surface area contributed by atoms with E-state index >= 15 is 0 Å². The lowest BCUT2D eigenvalue weighted by Gasteiger charge is -2.39. The van der Waals surface area contributed by atoms with Crippen molar-refractivity contribution in [3.8, 4) is 23.0 Å². The fourth-order valence-electron chi connectivity index (χ4n) is 9.05. The summed E-state index contributed by atoms with van der Waals surface area (Å²) < 4.78 is 37.9. The molecule has 0 unspecified atom stereocenters. The standard InChI is InChI=1S/C44H48N6O10/c1-7-57-37-15-27-29-13-25(9-11-33(29)47-39(31(27)17-35(37)55-5)23-19-45-43(53)49(3)21-23)59-41(51)42(52)60-26-10-12-34-30(14-26)28-16-38(58-8-2)36(56-6)18-32(28)40(48-34)24-20-46-44(54)50(4)22-24/h15-22,25-26,29-30,33-34H,7-14H2,1-6H3/t25-,26-,29-,30-,33-,34-/m1/s1. The number of carbonyl (C=O) groups is 2. The Kier molecular flexibility index (Phi) is 11.3. The van der Waals surface area contributed by atoms with Crippen molar-refractivity contribution in [2.75, 3.05) is 27.4 Å². The molecule has 60 heavy (non-hydrogen) atoms. The normalized spacial score (nSPS) is 22.7. The number of nitrogens with zero attached hydrogens (tertiary/aromatic N) is 6. The van der Waals surface area contributed by atoms with Crippen LogP contribution in [0, 0.1) is 0 Å². The van der Waals surface area contributed by atoms with Crippen LogP contribution >= 0.6 is 0 Å². The summed E-state index contributed by atoms with van der Waals surface area (Å²) in [6, 6.07) is 7.37. The van der Waals surface area contributed by atoms with E-state index in [1.54, 1.807) is 40.7 Å². The van der Waals surface area contributed by atoms with E-state index in [4.69, 9.17) is 38.4 Å². The molecule has 0 radical (unpaired) electrons. The second-order valence-electron chi connectivity index (χ2n) is 15.5. The van der Waals surface area contributed by atoms with E-state index in [0.29, 0.717) is 97.3 Å². The highest BCUT2D eigenvalue weighted by Gasteiger charge is 2.42. The van der Waals surface area contributed by atoms with Gasteiger partial charge in [0.15, 0.2) is 23.0 Å². The molecule has 2 saturated carbocycles. The number of aryl methyl sites for hydroxylation is 2. The SMILES string of the molecule is CCOc1cc2c(cc1OC)C(c1cnc(=O)n(C)c1)=N[C@@H]1CC[C@@H](OC(=O)C(=O)O[C@@H]3CC[C@H]4N=C(c5cnc(=O)n(C)c5)c5cc(OC)c(OCC)cc5[C@H]4C3)C[C@H]21. The zero-order valence-electron chi connectivity index (χ0n) is 34.5. The zero-order chi connectivity index (χ0) is 42.2. The zero-order valence-corrected chi connectivity index (χ0v) is 34.5. The van der Waals surface area contributed by atoms with Crippen LogP contribution < -0.4 is 30.3 Å². The maximum absolute atomic E-state index is 13.5. The van der Waals surface area contributed by atoms with Gasteiger partial charge < -0.3 is 37.6 Å². The number of aliphatic imine (C=N–C) groups is 2. The highest BCUT2D eigenvalue weighted by molar-refractivity contribution is 6.29. The van der Waals surface area contributed by atoms with Gasteiger partial charge in [0.25, 0.3) is 0 Å². The molecule has 16 nitrogen and oxygen atoms in total. The summed E-state index contributed by atoms with van der Waals surface area (Å²) in [5.41, 5.74) is 5.50. The van der Waals surface area contributed by atoms with E-state index < -0.39 is 24.1 Å². The van der Waals surface area contributed by atoms with E-state index in [1.807, 2.05) is 38.1 Å². The molecule has 314 valence electrons. The van der Waals surface area contributed by atoms with Crippen LogP contribution in [0.5, 0.6) is 23.0 Å². The van der Waals surface area contributed by atoms with Crippen LogP contribution in [0.25, 0.3) is 0 Å². The molecule has 0 spiro atoms. The Hall–Kier alpha value is -6.32. The van der Waals surface area contributed by atoms with Crippen LogP contribution in [0.2, 0.25) is 0 Å². The molecule has 2 aliphatic carbocycles. The topological polar surface area (TPSA) is 184 Å². The van der Waals surface area contributed by atoms with Crippen molar-refractivity contribution in [2.45, 2.75) is 88.5 Å². The Labute approximate surface area is 346 Å². The Morgan fingerprint density at radius 2 is 1.05 bits per heavy atom. The summed E-state index contributed by atoms with van der Waals surface area (Å²) in [7, 11) is 6.44. The molecule has 2 aliphatic heterocycles. The molecular weight excluding hydrogens is 773 g/mol. The minimum Gasteiger partial charge on any atom is -0.493 e. The highest BCUT2D eigenvalue weighted by atomic mass is 16.6. The Morgan fingerprint density at radius 1 is 0.633 bits per heavy atom. The van der Waals surface area contributed by atoms with Crippen molar-refractivity contribution in [3.05, 3.63) is 103 Å². The van der Waals surface area contributed by atoms with E-state index in [1.165, 1.54) is 21.5 Å². The van der Waals surface area contributed by atoms with Crippen molar-refractivity contribution >= 4 is 23.4 Å². The first kappa shape index (κ1) is 40.5. The Morgan fingerprint density at radius 3 is 1.42 bits per heavy atom. The van der Waals surface area contributed by atoms with E-state index in [-0.39, 0.29) is 35.3 Å². The maximum atomic E-state index is 13.5. The van der Waals surface area contributed by atoms with Gasteiger partial charge in [0.2, 0.25) is 0 Å². The number of rotatable bonds is 10. The van der Waals surface area contributed by atoms with E-state index in [9.17, 15) is 19.2 Å². The molecule has 4 heterocycles. The molecule has 0 saturated heterocycles. The number of hydrogen-bond donors (Lipinski definition) is 0. The number of hydrogen-bond acceptors (Lipinski definition) is 14. The monoisotopic (exact) mass is 820 g/mol. The average Bonchev–Trinajstić information content (AvgIpc) is 3.25. The van der Waals surface area contributed by atoms with Gasteiger partial charge in [0.05, 0.1) is 50.9 Å². The summed E-state index contributed by atoms with van der Waals surface area (Å²) in [5, 5.41) is 0. The van der Waals surface area contributed by atoms with Crippen molar-refractivity contribution in [2.24, 2.45) is 24.1 Å². The van der Waals surface area contributed by atoms with Crippen LogP contribution in [0.3, 0.4) is 0 Å². The molecule has 2 aromatic heterocycles. The summed E-state index contributed by atoms with van der Waals surface area (Å²) >= 11 is 0. The molecule has 0 amide bonds. The summed E-state index contributed by atoms with van der Waals surface area (Å²) in [6.07, 6.45) is 8.40. The summed E-state index contributed by atoms with van der Waals surface area (Å²) in [4.78, 5) is 69.5. The molecule has 2 fully saturated rings. The van der Waals surface area contributed by atoms with Gasteiger partial charge in [-0.15, -0.1) is 0 Å². The molecule has 4 aromatic rings. The van der Waals surface area contributed by atoms with E-state index in [2.05, 4.69) is 9.97 Å². The van der Waals surface area contributed by atoms with Crippen molar-refractivity contribution < 1.29 is 38.0 Å². The van der Waals surface area contributed by atoms with Crippen LogP contribution in [0.4, 0.5) is 0 Å². The van der Waals surface area contributed by atoms with Gasteiger partial charge in [-0.1, -0.05) is 0 Å². The molecule has 4 aliphatic rings. The van der Waals surface area contributed by atoms with Gasteiger partial charge in [0, 0.05) is 73.0 Å². The smallest absolute Gasteiger partial charge is 0.417 e. The lowest BCUT2D eigenvalue weighted by molar-refractivity contribution is -0.176. The molecule has 6 atom stereocenters. The largest absolute Gasteiger partial charge is 0.493 e. The predicted molar refractivity (Wildman–Crippen MR) is 219 cm³/mol. The quantitative estimate of drug-likeness (QED) is 0.165. The summed E-state index contributed by atoms with van der Waals surface area (Å²) in [5.74, 6) is -0.135. The third-order valence-corrected chi connectivity index (χ3v) is 11.9. The van der Waals surface area contributed by atoms with Gasteiger partial charge in [0.1, 0.15) is 12.2 Å². The highest BCUT2D eigenvalue weighted by Crippen LogP contribution is 2.47. The molecule has 0 bridgehead atoms. The number of fused-ring (bicyclic) bond motifs is 6. The number of carbonyl (C=O) groups excluding carboxylic acids is 2. The van der Waals surface area contributed by atoms with Crippen molar-refractivity contribution in [1.82, 2.24) is 19.1 Å². The molecule has 8 rings (SSSR count). The van der Waals surface area contributed by atoms with Gasteiger partial charge in [-0.25, -0.2) is 29.1 Å². The lowest BCUT2D eigenvalue weighted by atomic mass is 9.74. The van der Waals surface area contributed by atoms with Gasteiger partial charge in [-0.3, -0.25) is 9.98 Å². The second kappa shape index (κ2) is 16.7. The number of esters is 2. The van der Waals surface area contributed by atoms with Crippen molar-refractivity contribution in [3.63, 3.8) is 0 Å². The van der Waals surface area contributed by atoms with Crippen LogP contribution in [0.1, 0.15) is 97.6 Å². The minimum atomic E-state index is -1.03. The summed E-state index contributed by atoms with van der Waals surface area (Å²) in [6.45, 7) is 4.65. The molecular formula is C44H48N6O10. The van der Waals surface area contributed by atoms with Crippen LogP contribution in [-0.4, -0.2) is 94.2 Å². The Balaban J connectivity index is 0.994. The fraction of sp³-hybridized carbons (Fsp3) is 0.455. The Bertz CT molecular complexity index is 2350. The van der Waals surface area contributed by atoms with Crippen LogP contribution in [0.15, 0.2) is 68.6 Å². The fourth-order valence-corrected chi connectivity index (χ4v) is 9.05. The first-order chi connectivity index (χ1) is 29.0. The average molecular weight is 821 g/mol. The third-order valence-electron chi connectivity index (χ3n) is 11.9. The lowest BCUT2D eigenvalue weighted by Crippen LogP contribution is -2.39. The number of aromatic nitrogens is 4. The number of benzene rings is 2. The number of ether oxygens (including phenoxy) is 6. The predicted octanol–water partition coefficient (Wildman–Crippen LogP) is 4.19. The van der Waals surface area contributed by atoms with E-state index in [0.717, 1.165) is 22.3 Å². The minimum absolute atomic E-state index is 0.152. The molecule has 2 aromatic carbocycles. The van der Waals surface area contributed by atoms with Gasteiger partial charge in [-0.05, 0) is 87.8 Å². The number of methoxy groups -OCH3 is 2. The van der Waals surface area contributed by atoms with Gasteiger partial charge >= 0.3 is 23.3 Å². The second-order valence-corrected chi connectivity index (χ2v) is 15.5. The van der Waals surface area contributed by atoms with Crippen LogP contribution in [-0.2, 0) is 33.2 Å². The molecule has 16 heteroatoms. The third kappa shape index (κ3) is 7.66. The first-order valence-electron chi connectivity index (χ1n) is 20.3. The van der Waals surface area contributed by atoms with Crippen molar-refractivity contribution in [1.29, 1.82) is 0 Å². The molecule has 0 N–H and O–H groups in total. The van der Waals surface area contributed by atoms with Gasteiger partial charge in [-0.2, -0.15) is 0 Å². The maximum Gasteiger partial charge on any atom is 0.417 e. The first-order valence-corrected chi connectivity index (χ1v) is 20.3.